The molecule has 3 aromatic rings. The van der Waals surface area contributed by atoms with Gasteiger partial charge in [-0.05, 0) is 38.1 Å². The summed E-state index contributed by atoms with van der Waals surface area (Å²) in [6.07, 6.45) is -0.333. The fourth-order valence-corrected chi connectivity index (χ4v) is 3.03. The van der Waals surface area contributed by atoms with Crippen molar-refractivity contribution in [3.63, 3.8) is 0 Å². The molecule has 26 heavy (non-hydrogen) atoms. The molecule has 5 nitrogen and oxygen atoms in total. The number of oxazole rings is 1. The number of hydrogen-bond donors (Lipinski definition) is 0. The molecule has 1 atom stereocenters. The second kappa shape index (κ2) is 6.29. The maximum absolute atomic E-state index is 14.1. The molecule has 0 bridgehead atoms. The highest BCUT2D eigenvalue weighted by Crippen LogP contribution is 2.37. The van der Waals surface area contributed by atoms with Crippen molar-refractivity contribution >= 4 is 11.6 Å². The summed E-state index contributed by atoms with van der Waals surface area (Å²) in [6.45, 7) is 3.81. The van der Waals surface area contributed by atoms with Gasteiger partial charge in [-0.3, -0.25) is 9.69 Å². The van der Waals surface area contributed by atoms with Crippen LogP contribution in [-0.2, 0) is 0 Å². The molecule has 0 saturated carbocycles. The zero-order valence-corrected chi connectivity index (χ0v) is 14.4. The van der Waals surface area contributed by atoms with E-state index in [-0.39, 0.29) is 23.5 Å². The van der Waals surface area contributed by atoms with Crippen LogP contribution in [-0.4, -0.2) is 23.5 Å². The number of aryl methyl sites for hydroxylation is 1. The van der Waals surface area contributed by atoms with Crippen molar-refractivity contribution in [3.8, 4) is 17.2 Å². The molecular formula is C20H17FN2O3. The van der Waals surface area contributed by atoms with Crippen LogP contribution >= 0.6 is 0 Å². The molecule has 132 valence electrons. The van der Waals surface area contributed by atoms with Crippen molar-refractivity contribution in [2.75, 3.05) is 11.4 Å². The average Bonchev–Trinajstić information content (AvgIpc) is 3.04. The average molecular weight is 352 g/mol. The summed E-state index contributed by atoms with van der Waals surface area (Å²) in [5, 5.41) is 0. The van der Waals surface area contributed by atoms with Crippen LogP contribution in [0.1, 0.15) is 23.2 Å². The van der Waals surface area contributed by atoms with Crippen LogP contribution in [0.25, 0.3) is 11.5 Å². The first-order chi connectivity index (χ1) is 12.5. The number of aromatic nitrogens is 1. The van der Waals surface area contributed by atoms with Gasteiger partial charge in [-0.2, -0.15) is 0 Å². The van der Waals surface area contributed by atoms with E-state index in [0.717, 1.165) is 5.56 Å². The molecule has 0 saturated heterocycles. The minimum absolute atomic E-state index is 0.0834. The number of amides is 1. The van der Waals surface area contributed by atoms with Crippen LogP contribution in [0.5, 0.6) is 5.75 Å². The monoisotopic (exact) mass is 352 g/mol. The smallest absolute Gasteiger partial charge is 0.296 e. The Labute approximate surface area is 150 Å². The van der Waals surface area contributed by atoms with Gasteiger partial charge < -0.3 is 9.15 Å². The number of benzene rings is 2. The Morgan fingerprint density at radius 1 is 1.19 bits per heavy atom. The van der Waals surface area contributed by atoms with E-state index in [1.807, 2.05) is 30.3 Å². The summed E-state index contributed by atoms with van der Waals surface area (Å²) in [5.41, 5.74) is 1.67. The molecule has 4 rings (SSSR count). The predicted molar refractivity (Wildman–Crippen MR) is 94.8 cm³/mol. The lowest BCUT2D eigenvalue weighted by molar-refractivity contribution is 0.0932. The molecule has 2 heterocycles. The van der Waals surface area contributed by atoms with Crippen LogP contribution in [0.2, 0.25) is 0 Å². The highest BCUT2D eigenvalue weighted by atomic mass is 19.1. The van der Waals surface area contributed by atoms with Gasteiger partial charge in [0.15, 0.2) is 11.6 Å². The Hall–Kier alpha value is -3.15. The molecule has 1 aliphatic heterocycles. The summed E-state index contributed by atoms with van der Waals surface area (Å²) >= 11 is 0. The van der Waals surface area contributed by atoms with Crippen molar-refractivity contribution in [1.29, 1.82) is 0 Å². The fraction of sp³-hybridized carbons (Fsp3) is 0.200. The van der Waals surface area contributed by atoms with Crippen molar-refractivity contribution in [3.05, 3.63) is 65.8 Å². The number of fused-ring (bicyclic) bond motifs is 1. The maximum atomic E-state index is 14.1. The number of carbonyl (C=O) groups is 1. The second-order valence-corrected chi connectivity index (χ2v) is 6.23. The van der Waals surface area contributed by atoms with Gasteiger partial charge in [-0.1, -0.05) is 24.3 Å². The van der Waals surface area contributed by atoms with Gasteiger partial charge in [-0.15, -0.1) is 0 Å². The largest absolute Gasteiger partial charge is 0.484 e. The van der Waals surface area contributed by atoms with Crippen molar-refractivity contribution in [2.24, 2.45) is 0 Å². The van der Waals surface area contributed by atoms with Gasteiger partial charge in [0.1, 0.15) is 6.10 Å². The Morgan fingerprint density at radius 3 is 2.73 bits per heavy atom. The van der Waals surface area contributed by atoms with Crippen LogP contribution < -0.4 is 9.64 Å². The lowest BCUT2D eigenvalue weighted by atomic mass is 10.1. The highest BCUT2D eigenvalue weighted by Gasteiger charge is 2.33. The molecule has 0 radical (unpaired) electrons. The van der Waals surface area contributed by atoms with E-state index in [2.05, 4.69) is 4.98 Å². The first kappa shape index (κ1) is 16.3. The van der Waals surface area contributed by atoms with Crippen LogP contribution in [0.15, 0.2) is 52.9 Å². The highest BCUT2D eigenvalue weighted by molar-refractivity contribution is 6.06. The molecular weight excluding hydrogens is 335 g/mol. The fourth-order valence-electron chi connectivity index (χ4n) is 3.03. The summed E-state index contributed by atoms with van der Waals surface area (Å²) in [5.74, 6) is -0.245. The molecule has 6 heteroatoms. The number of carbonyl (C=O) groups excluding carboxylic acids is 1. The number of anilines is 1. The Kier molecular flexibility index (Phi) is 3.95. The van der Waals surface area contributed by atoms with Crippen LogP contribution in [0, 0.1) is 12.7 Å². The number of ether oxygens (including phenoxy) is 1. The Bertz CT molecular complexity index is 968. The van der Waals surface area contributed by atoms with Gasteiger partial charge in [-0.25, -0.2) is 9.37 Å². The third-order valence-corrected chi connectivity index (χ3v) is 4.25. The van der Waals surface area contributed by atoms with Gasteiger partial charge in [0, 0.05) is 5.56 Å². The number of nitrogens with zero attached hydrogens (tertiary/aromatic N) is 2. The minimum Gasteiger partial charge on any atom is -0.484 e. The molecule has 0 fully saturated rings. The normalized spacial score (nSPS) is 16.1. The first-order valence-corrected chi connectivity index (χ1v) is 8.34. The zero-order chi connectivity index (χ0) is 18.3. The number of rotatable bonds is 2. The molecule has 1 aliphatic rings. The van der Waals surface area contributed by atoms with E-state index in [4.69, 9.17) is 9.15 Å². The molecule has 1 amide bonds. The second-order valence-electron chi connectivity index (χ2n) is 6.23. The van der Waals surface area contributed by atoms with E-state index < -0.39 is 5.82 Å². The van der Waals surface area contributed by atoms with Crippen molar-refractivity contribution < 1.29 is 18.3 Å². The first-order valence-electron chi connectivity index (χ1n) is 8.34. The summed E-state index contributed by atoms with van der Waals surface area (Å²) < 4.78 is 25.4. The van der Waals surface area contributed by atoms with E-state index in [9.17, 15) is 9.18 Å². The lowest BCUT2D eigenvalue weighted by Crippen LogP contribution is -2.42. The van der Waals surface area contributed by atoms with Crippen molar-refractivity contribution in [2.45, 2.75) is 20.0 Å². The number of halogens is 1. The molecule has 0 N–H and O–H groups in total. The quantitative estimate of drug-likeness (QED) is 0.693. The molecule has 2 aromatic carbocycles. The minimum atomic E-state index is -0.494. The molecule has 1 unspecified atom stereocenters. The lowest BCUT2D eigenvalue weighted by Gasteiger charge is -2.33. The maximum Gasteiger partial charge on any atom is 0.296 e. The third kappa shape index (κ3) is 2.73. The predicted octanol–water partition coefficient (Wildman–Crippen LogP) is 4.22. The Morgan fingerprint density at radius 2 is 1.96 bits per heavy atom. The van der Waals surface area contributed by atoms with E-state index in [1.165, 1.54) is 11.0 Å². The molecule has 0 aliphatic carbocycles. The van der Waals surface area contributed by atoms with Crippen LogP contribution in [0.4, 0.5) is 10.1 Å². The van der Waals surface area contributed by atoms with E-state index in [0.29, 0.717) is 23.8 Å². The van der Waals surface area contributed by atoms with Gasteiger partial charge >= 0.3 is 0 Å². The Balaban J connectivity index is 1.73. The molecule has 1 aromatic heterocycles. The topological polar surface area (TPSA) is 55.6 Å². The van der Waals surface area contributed by atoms with Gasteiger partial charge in [0.2, 0.25) is 11.7 Å². The molecule has 0 spiro atoms. The standard InChI is InChI=1S/C20H17FN2O3/c1-12-11-23(16-10-6-9-15(21)18(16)25-12)20(24)17-13(2)22-19(26-17)14-7-4-3-5-8-14/h3-10,12H,11H2,1-2H3. The van der Waals surface area contributed by atoms with Gasteiger partial charge in [0.05, 0.1) is 17.9 Å². The van der Waals surface area contributed by atoms with Crippen LogP contribution in [0.3, 0.4) is 0 Å². The van der Waals surface area contributed by atoms with E-state index in [1.54, 1.807) is 26.0 Å². The SMILES string of the molecule is Cc1nc(-c2ccccc2)oc1C(=O)N1CC(C)Oc2c(F)cccc21. The number of para-hydroxylation sites is 1. The third-order valence-electron chi connectivity index (χ3n) is 4.25. The summed E-state index contributed by atoms with van der Waals surface area (Å²) in [4.78, 5) is 18.9. The number of hydrogen-bond acceptors (Lipinski definition) is 4. The van der Waals surface area contributed by atoms with Gasteiger partial charge in [0.25, 0.3) is 5.91 Å². The summed E-state index contributed by atoms with van der Waals surface area (Å²) in [7, 11) is 0. The van der Waals surface area contributed by atoms with E-state index >= 15 is 0 Å². The summed E-state index contributed by atoms with van der Waals surface area (Å²) in [6, 6.07) is 13.9. The van der Waals surface area contributed by atoms with Crippen molar-refractivity contribution in [1.82, 2.24) is 4.98 Å². The zero-order valence-electron chi connectivity index (χ0n) is 14.4.